The van der Waals surface area contributed by atoms with E-state index in [1.54, 1.807) is 30.3 Å². The van der Waals surface area contributed by atoms with Crippen LogP contribution in [0.1, 0.15) is 21.6 Å². The molecule has 7 heteroatoms. The van der Waals surface area contributed by atoms with Gasteiger partial charge in [0.15, 0.2) is 0 Å². The van der Waals surface area contributed by atoms with E-state index in [1.807, 2.05) is 40.9 Å². The molecule has 0 aliphatic heterocycles. The molecule has 0 radical (unpaired) electrons. The van der Waals surface area contributed by atoms with Gasteiger partial charge in [-0.1, -0.05) is 48.0 Å². The maximum absolute atomic E-state index is 11.5. The lowest BCUT2D eigenvalue weighted by atomic mass is 10.1. The highest BCUT2D eigenvalue weighted by atomic mass is 35.5. The number of nitrogens with one attached hydrogen (secondary N) is 1. The fourth-order valence-electron chi connectivity index (χ4n) is 3.57. The zero-order chi connectivity index (χ0) is 21.4. The summed E-state index contributed by atoms with van der Waals surface area (Å²) in [7, 11) is 0. The number of hydrogen-bond donors (Lipinski definition) is 2. The predicted octanol–water partition coefficient (Wildman–Crippen LogP) is 5.57. The first kappa shape index (κ1) is 19.1. The fourth-order valence-corrected chi connectivity index (χ4v) is 3.76. The van der Waals surface area contributed by atoms with Crippen LogP contribution in [0.4, 0.5) is 11.6 Å². The van der Waals surface area contributed by atoms with Crippen LogP contribution in [0.3, 0.4) is 0 Å². The van der Waals surface area contributed by atoms with Gasteiger partial charge in [0.1, 0.15) is 5.65 Å². The van der Waals surface area contributed by atoms with Crippen molar-refractivity contribution >= 4 is 45.8 Å². The number of aromatic carboxylic acids is 1. The van der Waals surface area contributed by atoms with Crippen molar-refractivity contribution in [2.24, 2.45) is 0 Å². The van der Waals surface area contributed by atoms with Gasteiger partial charge in [-0.25, -0.2) is 14.8 Å². The molecule has 3 aromatic carbocycles. The molecule has 0 unspecified atom stereocenters. The van der Waals surface area contributed by atoms with Gasteiger partial charge >= 0.3 is 5.97 Å². The first-order valence-corrected chi connectivity index (χ1v) is 10.1. The van der Waals surface area contributed by atoms with Crippen LogP contribution in [-0.4, -0.2) is 25.4 Å². The first-order valence-electron chi connectivity index (χ1n) is 9.68. The molecular weight excluding hydrogens is 412 g/mol. The Labute approximate surface area is 182 Å². The average molecular weight is 429 g/mol. The normalized spacial score (nSPS) is 11.1. The summed E-state index contributed by atoms with van der Waals surface area (Å²) < 4.78 is 1.89. The topological polar surface area (TPSA) is 79.5 Å². The van der Waals surface area contributed by atoms with Crippen LogP contribution in [0.25, 0.3) is 16.6 Å². The van der Waals surface area contributed by atoms with Crippen molar-refractivity contribution in [3.05, 3.63) is 101 Å². The molecule has 2 N–H and O–H groups in total. The van der Waals surface area contributed by atoms with Gasteiger partial charge in [-0.15, -0.1) is 0 Å². The number of rotatable bonds is 5. The smallest absolute Gasteiger partial charge is 0.335 e. The van der Waals surface area contributed by atoms with Crippen molar-refractivity contribution in [2.45, 2.75) is 6.42 Å². The number of anilines is 2. The Morgan fingerprint density at radius 1 is 1.00 bits per heavy atom. The molecule has 0 saturated heterocycles. The molecule has 0 aliphatic carbocycles. The number of carboxylic acids is 1. The number of hydrogen-bond acceptors (Lipinski definition) is 4. The monoisotopic (exact) mass is 428 g/mol. The van der Waals surface area contributed by atoms with Crippen LogP contribution in [0.2, 0.25) is 5.02 Å². The van der Waals surface area contributed by atoms with Crippen LogP contribution < -0.4 is 5.32 Å². The van der Waals surface area contributed by atoms with Crippen LogP contribution in [-0.2, 0) is 6.42 Å². The summed E-state index contributed by atoms with van der Waals surface area (Å²) >= 11 is 6.13. The molecule has 0 atom stereocenters. The average Bonchev–Trinajstić information content (AvgIpc) is 3.18. The first-order chi connectivity index (χ1) is 15.1. The summed E-state index contributed by atoms with van der Waals surface area (Å²) in [5, 5.41) is 14.0. The number of fused-ring (bicyclic) bond motifs is 3. The molecule has 0 spiro atoms. The second kappa shape index (κ2) is 7.74. The molecular formula is C24H17ClN4O2. The van der Waals surface area contributed by atoms with Gasteiger partial charge in [-0.3, -0.25) is 4.40 Å². The Bertz CT molecular complexity index is 1430. The standard InChI is InChI=1S/C24H17ClN4O2/c25-17-7-4-8-18(13-17)27-24-28-21-12-16(23(30)31)9-10-20(21)22-26-19(14-29(22)24)11-15-5-2-1-3-6-15/h1-10,12-14H,11H2,(H,27,28)(H,30,31). The number of carboxylic acid groups (broad SMARTS) is 1. The van der Waals surface area contributed by atoms with Gasteiger partial charge in [0.2, 0.25) is 5.95 Å². The van der Waals surface area contributed by atoms with Crippen LogP contribution >= 0.6 is 11.6 Å². The predicted molar refractivity (Wildman–Crippen MR) is 121 cm³/mol. The number of halogens is 1. The number of benzene rings is 3. The molecule has 0 saturated carbocycles. The summed E-state index contributed by atoms with van der Waals surface area (Å²) in [4.78, 5) is 21.0. The minimum absolute atomic E-state index is 0.175. The lowest BCUT2D eigenvalue weighted by Crippen LogP contribution is -2.03. The molecule has 5 aromatic rings. The molecule has 6 nitrogen and oxygen atoms in total. The number of carbonyl (C=O) groups is 1. The summed E-state index contributed by atoms with van der Waals surface area (Å²) in [6.45, 7) is 0. The molecule has 0 fully saturated rings. The number of nitrogens with zero attached hydrogens (tertiary/aromatic N) is 3. The summed E-state index contributed by atoms with van der Waals surface area (Å²) in [6.07, 6.45) is 2.63. The van der Waals surface area contributed by atoms with Gasteiger partial charge in [0.25, 0.3) is 0 Å². The van der Waals surface area contributed by atoms with Crippen molar-refractivity contribution in [3.63, 3.8) is 0 Å². The van der Waals surface area contributed by atoms with E-state index in [9.17, 15) is 9.90 Å². The lowest BCUT2D eigenvalue weighted by molar-refractivity contribution is 0.0697. The van der Waals surface area contributed by atoms with Gasteiger partial charge in [0.05, 0.1) is 16.8 Å². The van der Waals surface area contributed by atoms with Gasteiger partial charge in [0, 0.05) is 28.7 Å². The highest BCUT2D eigenvalue weighted by Gasteiger charge is 2.14. The molecule has 0 bridgehead atoms. The van der Waals surface area contributed by atoms with E-state index in [2.05, 4.69) is 17.4 Å². The van der Waals surface area contributed by atoms with E-state index in [4.69, 9.17) is 21.6 Å². The Morgan fingerprint density at radius 3 is 2.61 bits per heavy atom. The number of imidazole rings is 1. The minimum Gasteiger partial charge on any atom is -0.478 e. The van der Waals surface area contributed by atoms with E-state index in [1.165, 1.54) is 0 Å². The van der Waals surface area contributed by atoms with Crippen LogP contribution in [0.15, 0.2) is 79.0 Å². The van der Waals surface area contributed by atoms with E-state index in [0.29, 0.717) is 28.6 Å². The van der Waals surface area contributed by atoms with Crippen LogP contribution in [0, 0.1) is 0 Å². The maximum Gasteiger partial charge on any atom is 0.335 e. The van der Waals surface area contributed by atoms with E-state index < -0.39 is 5.97 Å². The van der Waals surface area contributed by atoms with E-state index in [-0.39, 0.29) is 5.56 Å². The summed E-state index contributed by atoms with van der Waals surface area (Å²) in [5.74, 6) is -0.472. The van der Waals surface area contributed by atoms with Crippen LogP contribution in [0.5, 0.6) is 0 Å². The van der Waals surface area contributed by atoms with Crippen molar-refractivity contribution in [3.8, 4) is 0 Å². The fraction of sp³-hybridized carbons (Fsp3) is 0.0417. The lowest BCUT2D eigenvalue weighted by Gasteiger charge is -2.10. The zero-order valence-electron chi connectivity index (χ0n) is 16.3. The molecule has 31 heavy (non-hydrogen) atoms. The summed E-state index contributed by atoms with van der Waals surface area (Å²) in [6, 6.07) is 22.3. The maximum atomic E-state index is 11.5. The Hall–Kier alpha value is -3.90. The number of aromatic nitrogens is 3. The quantitative estimate of drug-likeness (QED) is 0.382. The SMILES string of the molecule is O=C(O)c1ccc2c(c1)nc(Nc1cccc(Cl)c1)n1cc(Cc3ccccc3)nc21. The Kier molecular flexibility index (Phi) is 4.76. The third-order valence-corrected chi connectivity index (χ3v) is 5.24. The van der Waals surface area contributed by atoms with E-state index in [0.717, 1.165) is 22.3 Å². The summed E-state index contributed by atoms with van der Waals surface area (Å²) in [5.41, 5.74) is 4.24. The molecule has 2 heterocycles. The van der Waals surface area contributed by atoms with Crippen molar-refractivity contribution < 1.29 is 9.90 Å². The van der Waals surface area contributed by atoms with Crippen molar-refractivity contribution in [1.29, 1.82) is 0 Å². The molecule has 0 aliphatic rings. The zero-order valence-corrected chi connectivity index (χ0v) is 17.0. The highest BCUT2D eigenvalue weighted by Crippen LogP contribution is 2.26. The molecule has 152 valence electrons. The van der Waals surface area contributed by atoms with Gasteiger partial charge in [-0.05, 0) is 42.0 Å². The minimum atomic E-state index is -0.999. The van der Waals surface area contributed by atoms with Crippen molar-refractivity contribution in [2.75, 3.05) is 5.32 Å². The highest BCUT2D eigenvalue weighted by molar-refractivity contribution is 6.30. The third-order valence-electron chi connectivity index (χ3n) is 5.00. The second-order valence-electron chi connectivity index (χ2n) is 7.20. The Balaban J connectivity index is 1.68. The van der Waals surface area contributed by atoms with Crippen molar-refractivity contribution in [1.82, 2.24) is 14.4 Å². The van der Waals surface area contributed by atoms with Gasteiger partial charge in [-0.2, -0.15) is 0 Å². The Morgan fingerprint density at radius 2 is 1.84 bits per heavy atom. The molecule has 2 aromatic heterocycles. The third kappa shape index (κ3) is 3.81. The largest absolute Gasteiger partial charge is 0.478 e. The molecule has 0 amide bonds. The molecule has 5 rings (SSSR count). The second-order valence-corrected chi connectivity index (χ2v) is 7.63. The van der Waals surface area contributed by atoms with E-state index >= 15 is 0 Å². The van der Waals surface area contributed by atoms with Gasteiger partial charge < -0.3 is 10.4 Å².